The molecule has 2 heterocycles. The predicted octanol–water partition coefficient (Wildman–Crippen LogP) is 5.60. The van der Waals surface area contributed by atoms with Crippen LogP contribution in [0.1, 0.15) is 42.1 Å². The largest absolute Gasteiger partial charge is 0.507 e. The Kier molecular flexibility index (Phi) is 7.41. The van der Waals surface area contributed by atoms with Crippen molar-refractivity contribution in [1.29, 1.82) is 0 Å². The molecule has 0 radical (unpaired) electrons. The maximum Gasteiger partial charge on any atom is 0.295 e. The van der Waals surface area contributed by atoms with Crippen LogP contribution in [0.4, 0.5) is 0 Å². The molecule has 1 amide bonds. The van der Waals surface area contributed by atoms with Gasteiger partial charge in [-0.2, -0.15) is 0 Å². The Labute approximate surface area is 227 Å². The van der Waals surface area contributed by atoms with E-state index in [2.05, 4.69) is 6.58 Å². The van der Waals surface area contributed by atoms with Crippen LogP contribution in [0.15, 0.2) is 85.0 Å². The minimum Gasteiger partial charge on any atom is -0.507 e. The van der Waals surface area contributed by atoms with Gasteiger partial charge in [0.1, 0.15) is 24.2 Å². The Bertz CT molecular complexity index is 1440. The van der Waals surface area contributed by atoms with E-state index >= 15 is 0 Å². The summed E-state index contributed by atoms with van der Waals surface area (Å²) >= 11 is 0. The Morgan fingerprint density at radius 2 is 1.87 bits per heavy atom. The number of ketones is 1. The van der Waals surface area contributed by atoms with Crippen LogP contribution in [-0.4, -0.2) is 41.0 Å². The van der Waals surface area contributed by atoms with Gasteiger partial charge in [-0.3, -0.25) is 9.59 Å². The van der Waals surface area contributed by atoms with E-state index in [4.69, 9.17) is 14.2 Å². The molecular formula is C32H31NO6. The van der Waals surface area contributed by atoms with Crippen LogP contribution in [0.2, 0.25) is 0 Å². The highest BCUT2D eigenvalue weighted by molar-refractivity contribution is 6.46. The quantitative estimate of drug-likeness (QED) is 0.170. The Morgan fingerprint density at radius 3 is 2.62 bits per heavy atom. The van der Waals surface area contributed by atoms with Gasteiger partial charge in [-0.05, 0) is 60.9 Å². The summed E-state index contributed by atoms with van der Waals surface area (Å²) in [5.41, 5.74) is 2.93. The first kappa shape index (κ1) is 26.1. The topological polar surface area (TPSA) is 85.3 Å². The van der Waals surface area contributed by atoms with Gasteiger partial charge in [0.25, 0.3) is 11.7 Å². The lowest BCUT2D eigenvalue weighted by Crippen LogP contribution is -2.29. The molecule has 7 nitrogen and oxygen atoms in total. The normalized spacial score (nSPS) is 19.5. The fraction of sp³-hybridized carbons (Fsp3) is 0.250. The van der Waals surface area contributed by atoms with E-state index in [1.807, 2.05) is 50.2 Å². The van der Waals surface area contributed by atoms with Crippen molar-refractivity contribution in [3.05, 3.63) is 107 Å². The molecule has 2 atom stereocenters. The lowest BCUT2D eigenvalue weighted by Gasteiger charge is -2.26. The molecule has 39 heavy (non-hydrogen) atoms. The summed E-state index contributed by atoms with van der Waals surface area (Å²) in [4.78, 5) is 28.4. The Morgan fingerprint density at radius 1 is 1.08 bits per heavy atom. The van der Waals surface area contributed by atoms with Crippen LogP contribution in [-0.2, 0) is 22.6 Å². The highest BCUT2D eigenvalue weighted by Crippen LogP contribution is 2.43. The number of rotatable bonds is 9. The number of nitrogens with zero attached hydrogens (tertiary/aromatic N) is 1. The lowest BCUT2D eigenvalue weighted by molar-refractivity contribution is -0.140. The van der Waals surface area contributed by atoms with E-state index in [1.165, 1.54) is 4.90 Å². The monoisotopic (exact) mass is 525 g/mol. The second-order valence-corrected chi connectivity index (χ2v) is 9.61. The maximum absolute atomic E-state index is 13.5. The van der Waals surface area contributed by atoms with Crippen LogP contribution in [0.25, 0.3) is 5.76 Å². The number of fused-ring (bicyclic) bond motifs is 1. The molecule has 1 N–H and O–H groups in total. The molecule has 0 aliphatic carbocycles. The van der Waals surface area contributed by atoms with Crippen LogP contribution < -0.4 is 14.2 Å². The third kappa shape index (κ3) is 5.12. The van der Waals surface area contributed by atoms with Crippen molar-refractivity contribution in [2.45, 2.75) is 39.0 Å². The van der Waals surface area contributed by atoms with E-state index in [9.17, 15) is 14.7 Å². The number of aliphatic hydroxyl groups is 1. The Hall–Kier alpha value is -4.52. The summed E-state index contributed by atoms with van der Waals surface area (Å²) in [6.07, 6.45) is 2.38. The third-order valence-electron chi connectivity index (χ3n) is 6.85. The predicted molar refractivity (Wildman–Crippen MR) is 148 cm³/mol. The summed E-state index contributed by atoms with van der Waals surface area (Å²) in [5.74, 6) is 0.133. The SMILES string of the molecule is C=CCOc1ccc([C@H]2/C(=C(\O)c3ccc4c(c3)C[C@H](C)O4)C(=O)C(=O)N2Cc2ccccc2)cc1OCC. The standard InChI is InChI=1S/C32H31NO6/c1-4-15-38-26-14-11-22(18-27(26)37-5-2)29-28(30(34)23-12-13-25-24(17-23)16-20(3)39-25)31(35)32(36)33(29)19-21-9-7-6-8-10-21/h4,6-14,17-18,20,29,34H,1,5,15-16,19H2,2-3H3/b30-28+/t20-,29-/m0/s1. The second kappa shape index (κ2) is 11.1. The molecular weight excluding hydrogens is 494 g/mol. The molecule has 0 bridgehead atoms. The molecule has 0 aromatic heterocycles. The molecule has 1 fully saturated rings. The maximum atomic E-state index is 13.5. The van der Waals surface area contributed by atoms with Crippen molar-refractivity contribution >= 4 is 17.4 Å². The van der Waals surface area contributed by atoms with Crippen molar-refractivity contribution in [3.63, 3.8) is 0 Å². The molecule has 2 aliphatic heterocycles. The van der Waals surface area contributed by atoms with Crippen LogP contribution in [0.5, 0.6) is 17.2 Å². The lowest BCUT2D eigenvalue weighted by atomic mass is 9.94. The minimum absolute atomic E-state index is 0.0325. The molecule has 2 aliphatic rings. The van der Waals surface area contributed by atoms with Crippen LogP contribution in [0, 0.1) is 0 Å². The first-order valence-electron chi connectivity index (χ1n) is 13.0. The van der Waals surface area contributed by atoms with Gasteiger partial charge in [0.2, 0.25) is 0 Å². The first-order valence-corrected chi connectivity index (χ1v) is 13.0. The van der Waals surface area contributed by atoms with Gasteiger partial charge in [0, 0.05) is 18.5 Å². The van der Waals surface area contributed by atoms with E-state index in [0.717, 1.165) is 16.9 Å². The van der Waals surface area contributed by atoms with E-state index in [-0.39, 0.29) is 24.0 Å². The number of hydrogen-bond donors (Lipinski definition) is 1. The second-order valence-electron chi connectivity index (χ2n) is 9.61. The zero-order chi connectivity index (χ0) is 27.5. The number of Topliss-reactive ketones (excluding diaryl/α,β-unsaturated/α-hetero) is 1. The number of hydrogen-bond acceptors (Lipinski definition) is 6. The zero-order valence-electron chi connectivity index (χ0n) is 22.1. The van der Waals surface area contributed by atoms with Crippen LogP contribution >= 0.6 is 0 Å². The highest BCUT2D eigenvalue weighted by Gasteiger charge is 2.46. The van der Waals surface area contributed by atoms with Gasteiger partial charge >= 0.3 is 0 Å². The fourth-order valence-corrected chi connectivity index (χ4v) is 5.13. The molecule has 200 valence electrons. The summed E-state index contributed by atoms with van der Waals surface area (Å²) in [5, 5.41) is 11.5. The number of ether oxygens (including phenoxy) is 3. The number of amides is 1. The highest BCUT2D eigenvalue weighted by atomic mass is 16.5. The summed E-state index contributed by atoms with van der Waals surface area (Å²) in [7, 11) is 0. The fourth-order valence-electron chi connectivity index (χ4n) is 5.13. The molecule has 1 saturated heterocycles. The summed E-state index contributed by atoms with van der Waals surface area (Å²) in [6.45, 7) is 8.43. The molecule has 0 saturated carbocycles. The molecule has 3 aromatic rings. The van der Waals surface area contributed by atoms with E-state index in [0.29, 0.717) is 42.3 Å². The van der Waals surface area contributed by atoms with Crippen molar-refractivity contribution in [2.75, 3.05) is 13.2 Å². The number of aliphatic hydroxyl groups excluding tert-OH is 1. The zero-order valence-corrected chi connectivity index (χ0v) is 22.1. The number of benzene rings is 3. The Balaban J connectivity index is 1.64. The number of carbonyl (C=O) groups excluding carboxylic acids is 2. The van der Waals surface area contributed by atoms with Crippen LogP contribution in [0.3, 0.4) is 0 Å². The van der Waals surface area contributed by atoms with Gasteiger partial charge in [0.15, 0.2) is 11.5 Å². The molecule has 7 heteroatoms. The molecule has 5 rings (SSSR count). The van der Waals surface area contributed by atoms with Gasteiger partial charge in [-0.25, -0.2) is 0 Å². The molecule has 0 spiro atoms. The number of carbonyl (C=O) groups is 2. The minimum atomic E-state index is -0.832. The summed E-state index contributed by atoms with van der Waals surface area (Å²) in [6, 6.07) is 19.3. The van der Waals surface area contributed by atoms with E-state index < -0.39 is 17.7 Å². The average Bonchev–Trinajstić information content (AvgIpc) is 3.43. The van der Waals surface area contributed by atoms with Crippen molar-refractivity contribution in [3.8, 4) is 17.2 Å². The molecule has 0 unspecified atom stereocenters. The third-order valence-corrected chi connectivity index (χ3v) is 6.85. The van der Waals surface area contributed by atoms with E-state index in [1.54, 1.807) is 36.4 Å². The smallest absolute Gasteiger partial charge is 0.295 e. The van der Waals surface area contributed by atoms with Gasteiger partial charge < -0.3 is 24.2 Å². The number of likely N-dealkylation sites (tertiary alicyclic amines) is 1. The van der Waals surface area contributed by atoms with Crippen molar-refractivity contribution in [2.24, 2.45) is 0 Å². The summed E-state index contributed by atoms with van der Waals surface area (Å²) < 4.78 is 17.4. The average molecular weight is 526 g/mol. The van der Waals surface area contributed by atoms with Crippen molar-refractivity contribution < 1.29 is 28.9 Å². The van der Waals surface area contributed by atoms with Gasteiger partial charge in [-0.1, -0.05) is 49.1 Å². The van der Waals surface area contributed by atoms with Gasteiger partial charge in [-0.15, -0.1) is 0 Å². The first-order chi connectivity index (χ1) is 18.9. The van der Waals surface area contributed by atoms with Gasteiger partial charge in [0.05, 0.1) is 18.2 Å². The van der Waals surface area contributed by atoms with Crippen molar-refractivity contribution in [1.82, 2.24) is 4.90 Å². The molecule has 3 aromatic carbocycles.